The molecule has 1 saturated carbocycles. The van der Waals surface area contributed by atoms with Crippen molar-refractivity contribution in [2.75, 3.05) is 6.61 Å². The number of nitrogens with one attached hydrogen (secondary N) is 1. The molecule has 1 fully saturated rings. The highest BCUT2D eigenvalue weighted by Crippen LogP contribution is 2.26. The summed E-state index contributed by atoms with van der Waals surface area (Å²) in [6, 6.07) is 16.3. The van der Waals surface area contributed by atoms with Crippen LogP contribution in [0.4, 0.5) is 0 Å². The van der Waals surface area contributed by atoms with E-state index in [2.05, 4.69) is 5.32 Å². The lowest BCUT2D eigenvalue weighted by Crippen LogP contribution is -2.33. The highest BCUT2D eigenvalue weighted by Gasteiger charge is 2.33. The summed E-state index contributed by atoms with van der Waals surface area (Å²) in [5.74, 6) is 1.06. The topological polar surface area (TPSA) is 78.8 Å². The van der Waals surface area contributed by atoms with E-state index >= 15 is 0 Å². The molecule has 0 unspecified atom stereocenters. The van der Waals surface area contributed by atoms with Crippen molar-refractivity contribution < 1.29 is 19.7 Å². The van der Waals surface area contributed by atoms with E-state index < -0.39 is 6.10 Å². The van der Waals surface area contributed by atoms with Crippen LogP contribution in [0.5, 0.6) is 11.5 Å². The van der Waals surface area contributed by atoms with Gasteiger partial charge >= 0.3 is 0 Å². The summed E-state index contributed by atoms with van der Waals surface area (Å²) in [5, 5.41) is 21.9. The second-order valence-corrected chi connectivity index (χ2v) is 6.09. The fourth-order valence-corrected chi connectivity index (χ4v) is 2.98. The Morgan fingerprint density at radius 2 is 1.71 bits per heavy atom. The first-order valence-electron chi connectivity index (χ1n) is 8.08. The van der Waals surface area contributed by atoms with Gasteiger partial charge in [0.2, 0.25) is 0 Å². The van der Waals surface area contributed by atoms with Crippen molar-refractivity contribution in [1.82, 2.24) is 5.32 Å². The predicted octanol–water partition coefficient (Wildman–Crippen LogP) is 2.34. The number of hydrogen-bond acceptors (Lipinski definition) is 4. The molecule has 24 heavy (non-hydrogen) atoms. The highest BCUT2D eigenvalue weighted by atomic mass is 16.5. The molecule has 3 rings (SSSR count). The van der Waals surface area contributed by atoms with E-state index in [1.54, 1.807) is 24.3 Å². The number of ether oxygens (including phenoxy) is 1. The van der Waals surface area contributed by atoms with Crippen molar-refractivity contribution in [3.63, 3.8) is 0 Å². The lowest BCUT2D eigenvalue weighted by molar-refractivity contribution is 0.0903. The standard InChI is InChI=1S/C19H21NO4/c21-12-14-10-15(11-18(14)22)20-19(23)13-6-8-17(9-7-13)24-16-4-2-1-3-5-16/h1-9,14-15,18,21-22H,10-12H2,(H,20,23)/t14-,15+,18+/m1/s1. The van der Waals surface area contributed by atoms with Gasteiger partial charge in [0.05, 0.1) is 6.10 Å². The Morgan fingerprint density at radius 3 is 2.33 bits per heavy atom. The molecule has 2 aromatic rings. The molecule has 2 aromatic carbocycles. The lowest BCUT2D eigenvalue weighted by Gasteiger charge is -2.13. The van der Waals surface area contributed by atoms with Gasteiger partial charge in [0.15, 0.2) is 0 Å². The summed E-state index contributed by atoms with van der Waals surface area (Å²) >= 11 is 0. The minimum absolute atomic E-state index is 0.0565. The molecule has 1 aliphatic carbocycles. The van der Waals surface area contributed by atoms with Crippen molar-refractivity contribution in [3.8, 4) is 11.5 Å². The summed E-state index contributed by atoms with van der Waals surface area (Å²) in [6.45, 7) is -0.0565. The second kappa shape index (κ2) is 7.47. The van der Waals surface area contributed by atoms with E-state index in [1.165, 1.54) is 0 Å². The third kappa shape index (κ3) is 3.93. The van der Waals surface area contributed by atoms with Gasteiger partial charge in [-0.1, -0.05) is 18.2 Å². The molecule has 0 spiro atoms. The Balaban J connectivity index is 1.58. The van der Waals surface area contributed by atoms with E-state index in [0.717, 1.165) is 5.75 Å². The molecule has 3 atom stereocenters. The first-order valence-corrected chi connectivity index (χ1v) is 8.08. The maximum Gasteiger partial charge on any atom is 0.251 e. The van der Waals surface area contributed by atoms with Gasteiger partial charge < -0.3 is 20.3 Å². The van der Waals surface area contributed by atoms with Crippen molar-refractivity contribution in [2.45, 2.75) is 25.0 Å². The molecule has 5 nitrogen and oxygen atoms in total. The van der Waals surface area contributed by atoms with E-state index in [-0.39, 0.29) is 24.5 Å². The predicted molar refractivity (Wildman–Crippen MR) is 90.0 cm³/mol. The quantitative estimate of drug-likeness (QED) is 0.787. The van der Waals surface area contributed by atoms with Gasteiger partial charge in [-0.15, -0.1) is 0 Å². The summed E-state index contributed by atoms with van der Waals surface area (Å²) in [4.78, 5) is 12.3. The fraction of sp³-hybridized carbons (Fsp3) is 0.316. The van der Waals surface area contributed by atoms with Crippen LogP contribution < -0.4 is 10.1 Å². The SMILES string of the molecule is O=C(N[C@H]1C[C@H](CO)[C@@H](O)C1)c1ccc(Oc2ccccc2)cc1. The summed E-state index contributed by atoms with van der Waals surface area (Å²) in [7, 11) is 0. The Labute approximate surface area is 140 Å². The largest absolute Gasteiger partial charge is 0.457 e. The molecule has 5 heteroatoms. The third-order valence-electron chi connectivity index (χ3n) is 4.32. The molecule has 0 aliphatic heterocycles. The summed E-state index contributed by atoms with van der Waals surface area (Å²) in [5.41, 5.74) is 0.539. The first-order chi connectivity index (χ1) is 11.7. The zero-order valence-electron chi connectivity index (χ0n) is 13.3. The van der Waals surface area contributed by atoms with Gasteiger partial charge in [-0.3, -0.25) is 4.79 Å². The average Bonchev–Trinajstić information content (AvgIpc) is 2.96. The average molecular weight is 327 g/mol. The van der Waals surface area contributed by atoms with E-state index in [1.807, 2.05) is 30.3 Å². The summed E-state index contributed by atoms with van der Waals surface area (Å²) in [6.07, 6.45) is 0.520. The zero-order chi connectivity index (χ0) is 16.9. The Bertz CT molecular complexity index is 672. The number of benzene rings is 2. The van der Waals surface area contributed by atoms with Crippen LogP contribution in [0, 0.1) is 5.92 Å². The molecular weight excluding hydrogens is 306 g/mol. The second-order valence-electron chi connectivity index (χ2n) is 6.09. The first kappa shape index (κ1) is 16.5. The molecule has 0 radical (unpaired) electrons. The monoisotopic (exact) mass is 327 g/mol. The molecule has 1 amide bonds. The van der Waals surface area contributed by atoms with Crippen LogP contribution in [0.15, 0.2) is 54.6 Å². The van der Waals surface area contributed by atoms with Gasteiger partial charge in [-0.05, 0) is 49.2 Å². The van der Waals surface area contributed by atoms with Crippen LogP contribution >= 0.6 is 0 Å². The summed E-state index contributed by atoms with van der Waals surface area (Å²) < 4.78 is 5.70. The lowest BCUT2D eigenvalue weighted by atomic mass is 10.1. The maximum absolute atomic E-state index is 12.3. The van der Waals surface area contributed by atoms with Crippen molar-refractivity contribution >= 4 is 5.91 Å². The Kier molecular flexibility index (Phi) is 5.13. The number of rotatable bonds is 5. The number of amides is 1. The Morgan fingerprint density at radius 1 is 1.04 bits per heavy atom. The minimum atomic E-state index is -0.554. The number of para-hydroxylation sites is 1. The van der Waals surface area contributed by atoms with Gasteiger partial charge in [-0.25, -0.2) is 0 Å². The molecule has 0 heterocycles. The highest BCUT2D eigenvalue weighted by molar-refractivity contribution is 5.94. The zero-order valence-corrected chi connectivity index (χ0v) is 13.3. The number of hydrogen-bond donors (Lipinski definition) is 3. The van der Waals surface area contributed by atoms with Gasteiger partial charge in [-0.2, -0.15) is 0 Å². The van der Waals surface area contributed by atoms with Gasteiger partial charge in [0, 0.05) is 24.1 Å². The fourth-order valence-electron chi connectivity index (χ4n) is 2.98. The maximum atomic E-state index is 12.3. The van der Waals surface area contributed by atoms with Crippen LogP contribution in [-0.2, 0) is 0 Å². The molecule has 126 valence electrons. The van der Waals surface area contributed by atoms with Crippen molar-refractivity contribution in [3.05, 3.63) is 60.2 Å². The van der Waals surface area contributed by atoms with E-state index in [0.29, 0.717) is 24.2 Å². The van der Waals surface area contributed by atoms with Crippen molar-refractivity contribution in [1.29, 1.82) is 0 Å². The molecule has 0 bridgehead atoms. The minimum Gasteiger partial charge on any atom is -0.457 e. The molecular formula is C19H21NO4. The van der Waals surface area contributed by atoms with E-state index in [9.17, 15) is 15.0 Å². The smallest absolute Gasteiger partial charge is 0.251 e. The van der Waals surface area contributed by atoms with Crippen molar-refractivity contribution in [2.24, 2.45) is 5.92 Å². The third-order valence-corrected chi connectivity index (χ3v) is 4.32. The van der Waals surface area contributed by atoms with Gasteiger partial charge in [0.25, 0.3) is 5.91 Å². The van der Waals surface area contributed by atoms with Crippen LogP contribution in [-0.4, -0.2) is 34.9 Å². The number of aliphatic hydroxyl groups is 2. The molecule has 3 N–H and O–H groups in total. The molecule has 0 aromatic heterocycles. The number of carbonyl (C=O) groups is 1. The van der Waals surface area contributed by atoms with E-state index in [4.69, 9.17) is 4.74 Å². The van der Waals surface area contributed by atoms with Crippen LogP contribution in [0.2, 0.25) is 0 Å². The normalized spacial score (nSPS) is 23.0. The number of carbonyl (C=O) groups excluding carboxylic acids is 1. The Hall–Kier alpha value is -2.37. The number of aliphatic hydroxyl groups excluding tert-OH is 2. The van der Waals surface area contributed by atoms with Crippen LogP contribution in [0.25, 0.3) is 0 Å². The molecule has 0 saturated heterocycles. The van der Waals surface area contributed by atoms with Crippen LogP contribution in [0.3, 0.4) is 0 Å². The van der Waals surface area contributed by atoms with Crippen LogP contribution in [0.1, 0.15) is 23.2 Å². The molecule has 1 aliphatic rings. The van der Waals surface area contributed by atoms with Gasteiger partial charge in [0.1, 0.15) is 11.5 Å².